The van der Waals surface area contributed by atoms with Crippen molar-refractivity contribution in [1.29, 1.82) is 0 Å². The van der Waals surface area contributed by atoms with Crippen LogP contribution < -0.4 is 5.32 Å². The van der Waals surface area contributed by atoms with Crippen molar-refractivity contribution in [1.82, 2.24) is 0 Å². The van der Waals surface area contributed by atoms with Crippen molar-refractivity contribution in [3.63, 3.8) is 0 Å². The molecular formula is C18H27NO5. The third kappa shape index (κ3) is 4.71. The first-order valence-corrected chi connectivity index (χ1v) is 7.82. The van der Waals surface area contributed by atoms with Gasteiger partial charge in [-0.25, -0.2) is 9.59 Å². The number of rotatable bonds is 6. The fraction of sp³-hybridized carbons (Fsp3) is 0.556. The van der Waals surface area contributed by atoms with Crippen LogP contribution in [0.5, 0.6) is 0 Å². The van der Waals surface area contributed by atoms with Gasteiger partial charge in [-0.2, -0.15) is 0 Å². The van der Waals surface area contributed by atoms with E-state index in [1.165, 1.54) is 0 Å². The third-order valence-corrected chi connectivity index (χ3v) is 3.76. The Balaban J connectivity index is 3.02. The van der Waals surface area contributed by atoms with Gasteiger partial charge in [0.05, 0.1) is 12.2 Å². The van der Waals surface area contributed by atoms with Crippen LogP contribution in [-0.4, -0.2) is 36.3 Å². The molecule has 0 heterocycles. The van der Waals surface area contributed by atoms with Gasteiger partial charge in [-0.3, -0.25) is 0 Å². The minimum Gasteiger partial charge on any atom is -0.478 e. The number of ether oxygens (including phenoxy) is 2. The fourth-order valence-electron chi connectivity index (χ4n) is 2.79. The molecule has 1 rings (SSSR count). The van der Waals surface area contributed by atoms with Gasteiger partial charge in [0.1, 0.15) is 12.2 Å². The number of carboxylic acid groups (broad SMARTS) is 1. The number of hydrogen-bond donors (Lipinski definition) is 2. The summed E-state index contributed by atoms with van der Waals surface area (Å²) in [6, 6.07) is 0. The van der Waals surface area contributed by atoms with Gasteiger partial charge >= 0.3 is 11.9 Å². The number of hydrogen-bond acceptors (Lipinski definition) is 5. The molecule has 24 heavy (non-hydrogen) atoms. The Labute approximate surface area is 143 Å². The fourth-order valence-corrected chi connectivity index (χ4v) is 2.79. The quantitative estimate of drug-likeness (QED) is 0.775. The summed E-state index contributed by atoms with van der Waals surface area (Å²) in [5, 5.41) is 12.5. The Morgan fingerprint density at radius 1 is 1.08 bits per heavy atom. The standard InChI is InChI=1S/C18H27NO5/c1-10-13(8-23-9-14(20)24-18(4,5)6)11(2)16(19-7)12(3)15(10)17(21)22/h19H,8-9H2,1-7H3,(H,21,22). The van der Waals surface area contributed by atoms with Crippen molar-refractivity contribution >= 4 is 17.6 Å². The Morgan fingerprint density at radius 3 is 2.12 bits per heavy atom. The molecule has 0 fully saturated rings. The predicted octanol–water partition coefficient (Wildman–Crippen LogP) is 3.21. The van der Waals surface area contributed by atoms with Gasteiger partial charge < -0.3 is 19.9 Å². The number of nitrogens with one attached hydrogen (secondary N) is 1. The van der Waals surface area contributed by atoms with Crippen molar-refractivity contribution < 1.29 is 24.2 Å². The Kier molecular flexibility index (Phi) is 6.37. The van der Waals surface area contributed by atoms with Crippen molar-refractivity contribution in [2.75, 3.05) is 19.0 Å². The molecule has 0 aliphatic rings. The van der Waals surface area contributed by atoms with Gasteiger partial charge in [0.2, 0.25) is 0 Å². The van der Waals surface area contributed by atoms with Crippen molar-refractivity contribution in [3.05, 3.63) is 27.8 Å². The second-order valence-corrected chi connectivity index (χ2v) is 6.74. The third-order valence-electron chi connectivity index (χ3n) is 3.76. The number of aromatic carboxylic acids is 1. The Hall–Kier alpha value is -2.08. The SMILES string of the molecule is CNc1c(C)c(COCC(=O)OC(C)(C)C)c(C)c(C(=O)O)c1C. The molecule has 0 aliphatic heterocycles. The zero-order valence-electron chi connectivity index (χ0n) is 15.5. The molecule has 2 N–H and O–H groups in total. The number of benzene rings is 1. The highest BCUT2D eigenvalue weighted by atomic mass is 16.6. The van der Waals surface area contributed by atoms with Crippen LogP contribution >= 0.6 is 0 Å². The summed E-state index contributed by atoms with van der Waals surface area (Å²) in [6.07, 6.45) is 0. The van der Waals surface area contributed by atoms with Crippen LogP contribution in [0.25, 0.3) is 0 Å². The van der Waals surface area contributed by atoms with Crippen molar-refractivity contribution in [3.8, 4) is 0 Å². The summed E-state index contributed by atoms with van der Waals surface area (Å²) in [5.41, 5.74) is 3.50. The van der Waals surface area contributed by atoms with Gasteiger partial charge in [0.15, 0.2) is 0 Å². The van der Waals surface area contributed by atoms with Crippen LogP contribution in [0.15, 0.2) is 0 Å². The topological polar surface area (TPSA) is 84.9 Å². The van der Waals surface area contributed by atoms with Crippen LogP contribution in [0.2, 0.25) is 0 Å². The van der Waals surface area contributed by atoms with Gasteiger partial charge in [-0.15, -0.1) is 0 Å². The number of carbonyl (C=O) groups excluding carboxylic acids is 1. The average Bonchev–Trinajstić information content (AvgIpc) is 2.40. The predicted molar refractivity (Wildman–Crippen MR) is 92.7 cm³/mol. The summed E-state index contributed by atoms with van der Waals surface area (Å²) < 4.78 is 10.7. The molecule has 0 aromatic heterocycles. The van der Waals surface area contributed by atoms with Gasteiger partial charge in [0, 0.05) is 12.7 Å². The summed E-state index contributed by atoms with van der Waals surface area (Å²) in [5.74, 6) is -1.42. The average molecular weight is 337 g/mol. The number of carboxylic acids is 1. The minimum atomic E-state index is -0.977. The number of anilines is 1. The molecule has 0 amide bonds. The molecule has 0 aliphatic carbocycles. The zero-order valence-corrected chi connectivity index (χ0v) is 15.5. The summed E-state index contributed by atoms with van der Waals surface area (Å²) >= 11 is 0. The molecule has 6 heteroatoms. The second kappa shape index (κ2) is 7.66. The number of carbonyl (C=O) groups is 2. The molecule has 0 atom stereocenters. The Bertz CT molecular complexity index is 644. The lowest BCUT2D eigenvalue weighted by Gasteiger charge is -2.21. The normalized spacial score (nSPS) is 11.3. The van der Waals surface area contributed by atoms with Crippen LogP contribution in [0.1, 0.15) is 53.4 Å². The van der Waals surface area contributed by atoms with E-state index < -0.39 is 17.5 Å². The first kappa shape index (κ1) is 20.0. The van der Waals surface area contributed by atoms with Crippen LogP contribution in [0.3, 0.4) is 0 Å². The van der Waals surface area contributed by atoms with Crippen LogP contribution in [0.4, 0.5) is 5.69 Å². The van der Waals surface area contributed by atoms with Gasteiger partial charge in [-0.05, 0) is 63.8 Å². The minimum absolute atomic E-state index is 0.145. The monoisotopic (exact) mass is 337 g/mol. The lowest BCUT2D eigenvalue weighted by molar-refractivity contribution is -0.160. The number of esters is 1. The van der Waals surface area contributed by atoms with Gasteiger partial charge in [0.25, 0.3) is 0 Å². The van der Waals surface area contributed by atoms with E-state index in [0.717, 1.165) is 16.8 Å². The molecule has 0 spiro atoms. The highest BCUT2D eigenvalue weighted by molar-refractivity contribution is 5.94. The summed E-state index contributed by atoms with van der Waals surface area (Å²) in [4.78, 5) is 23.3. The van der Waals surface area contributed by atoms with Crippen LogP contribution in [-0.2, 0) is 20.9 Å². The molecule has 134 valence electrons. The molecule has 0 unspecified atom stereocenters. The van der Waals surface area contributed by atoms with E-state index >= 15 is 0 Å². The molecule has 0 saturated heterocycles. The van der Waals surface area contributed by atoms with Crippen LogP contribution in [0, 0.1) is 20.8 Å². The molecule has 1 aromatic rings. The van der Waals surface area contributed by atoms with Crippen molar-refractivity contribution in [2.24, 2.45) is 0 Å². The summed E-state index contributed by atoms with van der Waals surface area (Å²) in [6.45, 7) is 10.8. The van der Waals surface area contributed by atoms with E-state index in [1.54, 1.807) is 41.7 Å². The van der Waals surface area contributed by atoms with E-state index in [4.69, 9.17) is 9.47 Å². The molecule has 0 bridgehead atoms. The highest BCUT2D eigenvalue weighted by Crippen LogP contribution is 2.31. The maximum absolute atomic E-state index is 11.7. The van der Waals surface area contributed by atoms with Crippen molar-refractivity contribution in [2.45, 2.75) is 53.8 Å². The first-order valence-electron chi connectivity index (χ1n) is 7.82. The molecule has 1 aromatic carbocycles. The van der Waals surface area contributed by atoms with E-state index in [1.807, 2.05) is 6.92 Å². The largest absolute Gasteiger partial charge is 0.478 e. The van der Waals surface area contributed by atoms with E-state index in [0.29, 0.717) is 11.1 Å². The maximum atomic E-state index is 11.7. The molecule has 0 saturated carbocycles. The second-order valence-electron chi connectivity index (χ2n) is 6.74. The van der Waals surface area contributed by atoms with E-state index in [-0.39, 0.29) is 18.8 Å². The summed E-state index contributed by atoms with van der Waals surface area (Å²) in [7, 11) is 1.75. The Morgan fingerprint density at radius 2 is 1.67 bits per heavy atom. The van der Waals surface area contributed by atoms with E-state index in [9.17, 15) is 14.7 Å². The molecular weight excluding hydrogens is 310 g/mol. The lowest BCUT2D eigenvalue weighted by atomic mass is 9.91. The maximum Gasteiger partial charge on any atom is 0.336 e. The zero-order chi connectivity index (χ0) is 18.7. The molecule has 6 nitrogen and oxygen atoms in total. The highest BCUT2D eigenvalue weighted by Gasteiger charge is 2.21. The lowest BCUT2D eigenvalue weighted by Crippen LogP contribution is -2.26. The van der Waals surface area contributed by atoms with E-state index in [2.05, 4.69) is 5.32 Å². The first-order chi connectivity index (χ1) is 11.0. The van der Waals surface area contributed by atoms with Gasteiger partial charge in [-0.1, -0.05) is 0 Å². The smallest absolute Gasteiger partial charge is 0.336 e. The molecule has 0 radical (unpaired) electrons.